The van der Waals surface area contributed by atoms with E-state index in [0.29, 0.717) is 11.4 Å². The van der Waals surface area contributed by atoms with Crippen LogP contribution in [0.1, 0.15) is 11.1 Å². The molecule has 0 radical (unpaired) electrons. The van der Waals surface area contributed by atoms with Crippen LogP contribution in [0, 0.1) is 6.92 Å². The number of benzene rings is 2. The number of aryl methyl sites for hydroxylation is 1. The number of rotatable bonds is 3. The first-order valence-corrected chi connectivity index (χ1v) is 6.33. The second-order valence-corrected chi connectivity index (χ2v) is 4.86. The predicted molar refractivity (Wildman–Crippen MR) is 79.4 cm³/mol. The first kappa shape index (κ1) is 13.4. The first-order chi connectivity index (χ1) is 9.04. The number of amides is 1. The highest BCUT2D eigenvalue weighted by atomic mass is 35.5. The number of nitrogens with one attached hydrogen (secondary N) is 1. The molecule has 0 heterocycles. The Balaban J connectivity index is 2.01. The van der Waals surface area contributed by atoms with Crippen molar-refractivity contribution in [1.29, 1.82) is 0 Å². The average molecular weight is 275 g/mol. The van der Waals surface area contributed by atoms with Gasteiger partial charge in [0.15, 0.2) is 0 Å². The van der Waals surface area contributed by atoms with Gasteiger partial charge in [0, 0.05) is 16.4 Å². The lowest BCUT2D eigenvalue weighted by molar-refractivity contribution is -0.115. The zero-order valence-corrected chi connectivity index (χ0v) is 11.4. The third kappa shape index (κ3) is 3.73. The number of carbonyl (C=O) groups excluding carboxylic acids is 1. The van der Waals surface area contributed by atoms with E-state index in [-0.39, 0.29) is 5.91 Å². The minimum absolute atomic E-state index is 0.0634. The monoisotopic (exact) mass is 274 g/mol. The summed E-state index contributed by atoms with van der Waals surface area (Å²) in [6.45, 7) is 1.91. The van der Waals surface area contributed by atoms with Gasteiger partial charge in [0.2, 0.25) is 5.91 Å². The van der Waals surface area contributed by atoms with Crippen molar-refractivity contribution in [3.8, 4) is 0 Å². The molecular formula is C15H15ClN2O. The SMILES string of the molecule is Cc1cc(NC(=O)Cc2ccc(Cl)cc2)ccc1N. The standard InChI is InChI=1S/C15H15ClN2O/c1-10-8-13(6-7-14(10)17)18-15(19)9-11-2-4-12(16)5-3-11/h2-8H,9,17H2,1H3,(H,18,19). The Hall–Kier alpha value is -2.00. The van der Waals surface area contributed by atoms with Crippen LogP contribution in [0.5, 0.6) is 0 Å². The van der Waals surface area contributed by atoms with Crippen molar-refractivity contribution in [3.63, 3.8) is 0 Å². The highest BCUT2D eigenvalue weighted by Gasteiger charge is 2.05. The van der Waals surface area contributed by atoms with Gasteiger partial charge < -0.3 is 11.1 Å². The fourth-order valence-corrected chi connectivity index (χ4v) is 1.87. The van der Waals surface area contributed by atoms with Crippen LogP contribution in [0.15, 0.2) is 42.5 Å². The minimum Gasteiger partial charge on any atom is -0.399 e. The van der Waals surface area contributed by atoms with Crippen LogP contribution in [0.3, 0.4) is 0 Å². The molecule has 1 amide bonds. The van der Waals surface area contributed by atoms with Gasteiger partial charge in [-0.2, -0.15) is 0 Å². The summed E-state index contributed by atoms with van der Waals surface area (Å²) < 4.78 is 0. The average Bonchev–Trinajstić information content (AvgIpc) is 2.37. The molecule has 19 heavy (non-hydrogen) atoms. The number of hydrogen-bond acceptors (Lipinski definition) is 2. The Bertz CT molecular complexity index is 594. The molecule has 2 aromatic carbocycles. The number of nitrogens with two attached hydrogens (primary N) is 1. The van der Waals surface area contributed by atoms with Gasteiger partial charge in [-0.1, -0.05) is 23.7 Å². The molecule has 3 nitrogen and oxygen atoms in total. The molecule has 0 saturated carbocycles. The summed E-state index contributed by atoms with van der Waals surface area (Å²) in [6, 6.07) is 12.7. The highest BCUT2D eigenvalue weighted by Crippen LogP contribution is 2.17. The number of nitrogen functional groups attached to an aromatic ring is 1. The summed E-state index contributed by atoms with van der Waals surface area (Å²) in [6.07, 6.45) is 0.320. The van der Waals surface area contributed by atoms with Crippen molar-refractivity contribution >= 4 is 28.9 Å². The normalized spacial score (nSPS) is 10.2. The lowest BCUT2D eigenvalue weighted by Gasteiger charge is -2.07. The molecule has 0 aliphatic carbocycles. The van der Waals surface area contributed by atoms with E-state index in [1.54, 1.807) is 24.3 Å². The zero-order valence-electron chi connectivity index (χ0n) is 10.6. The van der Waals surface area contributed by atoms with Crippen LogP contribution in [0.2, 0.25) is 5.02 Å². The van der Waals surface area contributed by atoms with Gasteiger partial charge in [0.1, 0.15) is 0 Å². The molecule has 98 valence electrons. The van der Waals surface area contributed by atoms with E-state index in [4.69, 9.17) is 17.3 Å². The Morgan fingerprint density at radius 3 is 2.53 bits per heavy atom. The van der Waals surface area contributed by atoms with Crippen LogP contribution < -0.4 is 11.1 Å². The fourth-order valence-electron chi connectivity index (χ4n) is 1.75. The molecule has 0 aromatic heterocycles. The van der Waals surface area contributed by atoms with Crippen molar-refractivity contribution in [2.24, 2.45) is 0 Å². The van der Waals surface area contributed by atoms with Crippen LogP contribution in [0.4, 0.5) is 11.4 Å². The third-order valence-corrected chi connectivity index (χ3v) is 3.08. The van der Waals surface area contributed by atoms with Gasteiger partial charge in [-0.3, -0.25) is 4.79 Å². The zero-order chi connectivity index (χ0) is 13.8. The van der Waals surface area contributed by atoms with Crippen molar-refractivity contribution in [3.05, 3.63) is 58.6 Å². The van der Waals surface area contributed by atoms with E-state index in [1.165, 1.54) is 0 Å². The van der Waals surface area contributed by atoms with Crippen LogP contribution in [-0.4, -0.2) is 5.91 Å². The summed E-state index contributed by atoms with van der Waals surface area (Å²) in [4.78, 5) is 11.9. The molecule has 0 aliphatic rings. The van der Waals surface area contributed by atoms with Gasteiger partial charge in [0.25, 0.3) is 0 Å². The molecule has 2 aromatic rings. The molecule has 0 atom stereocenters. The molecule has 0 saturated heterocycles. The van der Waals surface area contributed by atoms with Crippen LogP contribution in [-0.2, 0) is 11.2 Å². The molecule has 0 bridgehead atoms. The Labute approximate surface area is 117 Å². The largest absolute Gasteiger partial charge is 0.399 e. The van der Waals surface area contributed by atoms with Gasteiger partial charge >= 0.3 is 0 Å². The summed E-state index contributed by atoms with van der Waals surface area (Å²) >= 11 is 5.80. The van der Waals surface area contributed by atoms with Crippen molar-refractivity contribution in [2.75, 3.05) is 11.1 Å². The van der Waals surface area contributed by atoms with E-state index in [2.05, 4.69) is 5.32 Å². The van der Waals surface area contributed by atoms with Gasteiger partial charge in [0.05, 0.1) is 6.42 Å². The maximum absolute atomic E-state index is 11.9. The van der Waals surface area contributed by atoms with E-state index < -0.39 is 0 Å². The maximum Gasteiger partial charge on any atom is 0.228 e. The lowest BCUT2D eigenvalue weighted by atomic mass is 10.1. The second-order valence-electron chi connectivity index (χ2n) is 4.42. The molecular weight excluding hydrogens is 260 g/mol. The Morgan fingerprint density at radius 2 is 1.89 bits per heavy atom. The molecule has 2 rings (SSSR count). The molecule has 0 spiro atoms. The van der Waals surface area contributed by atoms with Crippen molar-refractivity contribution in [1.82, 2.24) is 0 Å². The number of halogens is 1. The molecule has 4 heteroatoms. The molecule has 0 aliphatic heterocycles. The summed E-state index contributed by atoms with van der Waals surface area (Å²) in [7, 11) is 0. The topological polar surface area (TPSA) is 55.1 Å². The molecule has 3 N–H and O–H groups in total. The maximum atomic E-state index is 11.9. The number of carbonyl (C=O) groups is 1. The van der Waals surface area contributed by atoms with Crippen LogP contribution in [0.25, 0.3) is 0 Å². The smallest absolute Gasteiger partial charge is 0.228 e. The van der Waals surface area contributed by atoms with Gasteiger partial charge in [-0.15, -0.1) is 0 Å². The third-order valence-electron chi connectivity index (χ3n) is 2.83. The first-order valence-electron chi connectivity index (χ1n) is 5.95. The lowest BCUT2D eigenvalue weighted by Crippen LogP contribution is -2.14. The molecule has 0 unspecified atom stereocenters. The number of anilines is 2. The Kier molecular flexibility index (Phi) is 4.07. The Morgan fingerprint density at radius 1 is 1.21 bits per heavy atom. The van der Waals surface area contributed by atoms with Gasteiger partial charge in [-0.25, -0.2) is 0 Å². The second kappa shape index (κ2) is 5.76. The van der Waals surface area contributed by atoms with E-state index in [0.717, 1.165) is 22.5 Å². The van der Waals surface area contributed by atoms with Crippen molar-refractivity contribution < 1.29 is 4.79 Å². The van der Waals surface area contributed by atoms with E-state index >= 15 is 0 Å². The summed E-state index contributed by atoms with van der Waals surface area (Å²) in [5.74, 6) is -0.0634. The quantitative estimate of drug-likeness (QED) is 0.843. The number of hydrogen-bond donors (Lipinski definition) is 2. The summed E-state index contributed by atoms with van der Waals surface area (Å²) in [5, 5.41) is 3.51. The molecule has 0 fully saturated rings. The summed E-state index contributed by atoms with van der Waals surface area (Å²) in [5.41, 5.74) is 9.08. The van der Waals surface area contributed by atoms with Crippen molar-refractivity contribution in [2.45, 2.75) is 13.3 Å². The van der Waals surface area contributed by atoms with E-state index in [9.17, 15) is 4.79 Å². The highest BCUT2D eigenvalue weighted by molar-refractivity contribution is 6.30. The fraction of sp³-hybridized carbons (Fsp3) is 0.133. The van der Waals surface area contributed by atoms with Crippen LogP contribution >= 0.6 is 11.6 Å². The van der Waals surface area contributed by atoms with E-state index in [1.807, 2.05) is 25.1 Å². The predicted octanol–water partition coefficient (Wildman–Crippen LogP) is 3.41. The van der Waals surface area contributed by atoms with Gasteiger partial charge in [-0.05, 0) is 48.4 Å². The minimum atomic E-state index is -0.0634.